The van der Waals surface area contributed by atoms with Gasteiger partial charge in [-0.25, -0.2) is 0 Å². The van der Waals surface area contributed by atoms with Crippen LogP contribution in [0.25, 0.3) is 0 Å². The second-order valence-electron chi connectivity index (χ2n) is 24.9. The van der Waals surface area contributed by atoms with Crippen molar-refractivity contribution in [2.45, 2.75) is 188 Å². The molecule has 4 aliphatic rings. The number of rotatable bonds is 28. The average molecular weight is 1190 g/mol. The molecule has 1 amide bonds. The van der Waals surface area contributed by atoms with Crippen LogP contribution < -0.4 is 9.80 Å². The topological polar surface area (TPSA) is 79.4 Å². The van der Waals surface area contributed by atoms with Gasteiger partial charge in [0, 0.05) is 47.7 Å². The smallest absolute Gasteiger partial charge is 0.316 e. The van der Waals surface area contributed by atoms with Crippen LogP contribution >= 0.6 is 48.0 Å². The van der Waals surface area contributed by atoms with Gasteiger partial charge in [-0.1, -0.05) is 220 Å². The molecule has 4 aromatic carbocycles. The average Bonchev–Trinajstić information content (AvgIpc) is 1.82. The fourth-order valence-electron chi connectivity index (χ4n) is 15.4. The number of esters is 2. The highest BCUT2D eigenvalue weighted by Crippen LogP contribution is 2.69. The molecule has 0 unspecified atom stereocenters. The molecule has 4 saturated carbocycles. The van der Waals surface area contributed by atoms with Crippen molar-refractivity contribution >= 4 is 97.2 Å². The largest absolute Gasteiger partial charge is 0.462 e. The number of carbonyl (C=O) groups excluding carboxylic acids is 3. The third kappa shape index (κ3) is 16.4. The summed E-state index contributed by atoms with van der Waals surface area (Å²) in [5.41, 5.74) is 3.59. The lowest BCUT2D eigenvalue weighted by Gasteiger charge is -2.62. The van der Waals surface area contributed by atoms with E-state index < -0.39 is 0 Å². The van der Waals surface area contributed by atoms with E-state index in [9.17, 15) is 14.4 Å². The summed E-state index contributed by atoms with van der Waals surface area (Å²) in [6, 6.07) is 40.4. The maximum absolute atomic E-state index is 14.6. The summed E-state index contributed by atoms with van der Waals surface area (Å²) in [5.74, 6) is 2.48. The molecular weight excluding hydrogens is 1090 g/mol. The third-order valence-corrected chi connectivity index (χ3v) is 22.5. The van der Waals surface area contributed by atoms with Crippen molar-refractivity contribution in [1.29, 1.82) is 0 Å². The zero-order valence-electron chi connectivity index (χ0n) is 50.1. The summed E-state index contributed by atoms with van der Waals surface area (Å²) in [6.45, 7) is 13.7. The zero-order chi connectivity index (χ0) is 57.9. The van der Waals surface area contributed by atoms with Gasteiger partial charge in [-0.05, 0) is 160 Å². The van der Waals surface area contributed by atoms with E-state index in [0.717, 1.165) is 106 Å². The first kappa shape index (κ1) is 63.8. The number of ether oxygens (including phenoxy) is 2. The van der Waals surface area contributed by atoms with Crippen molar-refractivity contribution in [1.82, 2.24) is 4.90 Å². The van der Waals surface area contributed by atoms with Gasteiger partial charge in [-0.15, -0.1) is 0 Å². The van der Waals surface area contributed by atoms with Crippen LogP contribution in [0.4, 0.5) is 22.7 Å². The second kappa shape index (κ2) is 31.8. The van der Waals surface area contributed by atoms with Gasteiger partial charge in [0.25, 0.3) is 0 Å². The zero-order valence-corrected chi connectivity index (χ0v) is 53.3. The van der Waals surface area contributed by atoms with Crippen LogP contribution in [0.15, 0.2) is 121 Å². The van der Waals surface area contributed by atoms with Crippen LogP contribution in [-0.2, 0) is 23.9 Å². The Morgan fingerprint density at radius 2 is 1.04 bits per heavy atom. The van der Waals surface area contributed by atoms with Crippen LogP contribution in [0, 0.1) is 46.3 Å². The lowest BCUT2D eigenvalue weighted by molar-refractivity contribution is -0.197. The van der Waals surface area contributed by atoms with Gasteiger partial charge >= 0.3 is 11.9 Å². The Morgan fingerprint density at radius 1 is 0.573 bits per heavy atom. The van der Waals surface area contributed by atoms with Gasteiger partial charge in [0.1, 0.15) is 20.8 Å². The van der Waals surface area contributed by atoms with Crippen molar-refractivity contribution < 1.29 is 23.9 Å². The molecule has 0 spiro atoms. The van der Waals surface area contributed by atoms with E-state index in [0.29, 0.717) is 56.5 Å². The first-order valence-electron chi connectivity index (χ1n) is 31.7. The molecule has 0 bridgehead atoms. The molecule has 0 aromatic heterocycles. The van der Waals surface area contributed by atoms with Crippen LogP contribution in [0.3, 0.4) is 0 Å². The number of thiocarbonyl (C=S) groups is 2. The van der Waals surface area contributed by atoms with Gasteiger partial charge in [0.05, 0.1) is 11.5 Å². The number of anilines is 4. The molecule has 4 aromatic rings. The molecule has 0 N–H and O–H groups in total. The summed E-state index contributed by atoms with van der Waals surface area (Å²) < 4.78 is 14.6. The lowest BCUT2D eigenvalue weighted by atomic mass is 9.43. The Kier molecular flexibility index (Phi) is 24.7. The number of hydrogen-bond acceptors (Lipinski definition) is 9. The number of unbranched alkanes of at least 4 members (excludes halogenated alkanes) is 10. The first-order chi connectivity index (χ1) is 39.8. The van der Waals surface area contributed by atoms with Gasteiger partial charge in [-0.3, -0.25) is 24.2 Å². The van der Waals surface area contributed by atoms with Crippen molar-refractivity contribution in [2.75, 3.05) is 34.4 Å². The lowest BCUT2D eigenvalue weighted by Crippen LogP contribution is -2.59. The van der Waals surface area contributed by atoms with Gasteiger partial charge in [0.2, 0.25) is 5.91 Å². The van der Waals surface area contributed by atoms with E-state index in [1.165, 1.54) is 87.7 Å². The highest BCUT2D eigenvalue weighted by molar-refractivity contribution is 8.24. The minimum atomic E-state index is -0.263. The van der Waals surface area contributed by atoms with Crippen LogP contribution in [-0.4, -0.2) is 68.2 Å². The number of thioether (sulfide) groups is 2. The molecule has 12 heteroatoms. The summed E-state index contributed by atoms with van der Waals surface area (Å²) in [7, 11) is 0. The van der Waals surface area contributed by atoms with Gasteiger partial charge < -0.3 is 14.4 Å². The first-order valence-corrected chi connectivity index (χ1v) is 34.4. The predicted molar refractivity (Wildman–Crippen MR) is 352 cm³/mol. The molecule has 8 rings (SSSR count). The van der Waals surface area contributed by atoms with Crippen LogP contribution in [0.5, 0.6) is 0 Å². The number of benzene rings is 4. The molecule has 82 heavy (non-hydrogen) atoms. The number of nitrogens with zero attached hydrogens (tertiary/aromatic N) is 3. The second-order valence-corrected chi connectivity index (χ2v) is 28.1. The molecule has 0 saturated heterocycles. The highest BCUT2D eigenvalue weighted by Gasteiger charge is 2.65. The SMILES string of the molecule is CCCCCCCCN(CCCCCCCC)C(=O)CC[C@@H](C)[C@H]1CC[C@H]2[C@@H]3CC[C@@H]4C[C@H](OC(=O)CSC(=S)N(c5ccccc5)c5ccccc5)CC[C@]4(C)[C@H]3C[C@H](OC(=O)CSC(=S)N(c3ccccc3)c3ccccc3)[C@]12C. The van der Waals surface area contributed by atoms with E-state index in [4.69, 9.17) is 33.9 Å². The monoisotopic (exact) mass is 1190 g/mol. The third-order valence-electron chi connectivity index (χ3n) is 19.8. The summed E-state index contributed by atoms with van der Waals surface area (Å²) in [5, 5.41) is 0. The normalized spacial score (nSPS) is 24.9. The number of para-hydroxylation sites is 4. The molecule has 4 fully saturated rings. The van der Waals surface area contributed by atoms with Crippen molar-refractivity contribution in [3.63, 3.8) is 0 Å². The number of amides is 1. The fraction of sp³-hybridized carbons (Fsp3) is 0.586. The Labute approximate surface area is 512 Å². The van der Waals surface area contributed by atoms with Crippen molar-refractivity contribution in [3.05, 3.63) is 121 Å². The van der Waals surface area contributed by atoms with Crippen LogP contribution in [0.2, 0.25) is 0 Å². The fourth-order valence-corrected chi connectivity index (χ4v) is 17.5. The van der Waals surface area contributed by atoms with E-state index in [1.807, 2.05) is 131 Å². The number of hydrogen-bond donors (Lipinski definition) is 0. The van der Waals surface area contributed by atoms with Crippen LogP contribution in [0.1, 0.15) is 176 Å². The molecule has 0 aliphatic heterocycles. The Balaban J connectivity index is 0.952. The van der Waals surface area contributed by atoms with Gasteiger partial charge in [-0.2, -0.15) is 0 Å². The minimum Gasteiger partial charge on any atom is -0.462 e. The maximum Gasteiger partial charge on any atom is 0.316 e. The Morgan fingerprint density at radius 3 is 1.52 bits per heavy atom. The van der Waals surface area contributed by atoms with Crippen molar-refractivity contribution in [3.8, 4) is 0 Å². The molecule has 8 nitrogen and oxygen atoms in total. The molecule has 444 valence electrons. The maximum atomic E-state index is 14.6. The van der Waals surface area contributed by atoms with E-state index in [1.54, 1.807) is 0 Å². The Hall–Kier alpha value is -4.23. The van der Waals surface area contributed by atoms with E-state index in [-0.39, 0.29) is 46.5 Å². The summed E-state index contributed by atoms with van der Waals surface area (Å²) in [4.78, 5) is 49.0. The molecular formula is C70H95N3O5S4. The molecule has 4 aliphatic carbocycles. The predicted octanol–water partition coefficient (Wildman–Crippen LogP) is 18.8. The van der Waals surface area contributed by atoms with E-state index in [2.05, 4.69) is 39.5 Å². The molecule has 0 heterocycles. The Bertz CT molecular complexity index is 2540. The van der Waals surface area contributed by atoms with E-state index >= 15 is 0 Å². The number of fused-ring (bicyclic) bond motifs is 5. The summed E-state index contributed by atoms with van der Waals surface area (Å²) >= 11 is 14.9. The summed E-state index contributed by atoms with van der Waals surface area (Å²) in [6.07, 6.45) is 23.6. The standard InChI is InChI=1S/C70H95N3O5S4/c1-6-8-10-12-14-28-46-71(47-29-15-13-11-9-7-2)64(74)43-38-52(3)60-41-42-61-59-40-39-53-48-58(77-65(75)50-81-67(79)72(54-30-20-16-21-31-54)55-32-22-17-23-33-55)44-45-69(53,4)62(59)49-63(70(60,61)5)78-66(76)51-82-68(80)73(56-34-24-18-25-35-56)57-36-26-19-27-37-57/h16-27,30-37,52-53,58-63H,6-15,28-29,38-51H2,1-5H3/t52-,53-,58-,59+,60-,61+,62+,63+,69+,70-/m1/s1. The minimum absolute atomic E-state index is 0.0216. The number of carbonyl (C=O) groups is 3. The highest BCUT2D eigenvalue weighted by atomic mass is 32.2. The van der Waals surface area contributed by atoms with Gasteiger partial charge in [0.15, 0.2) is 0 Å². The quantitative estimate of drug-likeness (QED) is 0.0310. The molecule has 0 radical (unpaired) electrons. The molecule has 10 atom stereocenters. The van der Waals surface area contributed by atoms with Crippen molar-refractivity contribution in [2.24, 2.45) is 46.3 Å².